The Labute approximate surface area is 113 Å². The summed E-state index contributed by atoms with van der Waals surface area (Å²) in [4.78, 5) is 25.5. The van der Waals surface area contributed by atoms with Crippen LogP contribution < -0.4 is 10.6 Å². The predicted octanol–water partition coefficient (Wildman–Crippen LogP) is 0.333. The van der Waals surface area contributed by atoms with E-state index in [4.69, 9.17) is 4.74 Å². The van der Waals surface area contributed by atoms with Crippen molar-refractivity contribution >= 4 is 11.9 Å². The Morgan fingerprint density at radius 3 is 2.47 bits per heavy atom. The van der Waals surface area contributed by atoms with E-state index in [1.165, 1.54) is 0 Å². The minimum Gasteiger partial charge on any atom is -0.383 e. The van der Waals surface area contributed by atoms with Gasteiger partial charge in [-0.3, -0.25) is 4.79 Å². The largest absolute Gasteiger partial charge is 0.383 e. The minimum absolute atomic E-state index is 0.0285. The number of carbonyl (C=O) groups is 2. The molecular formula is C13H23N3O3. The van der Waals surface area contributed by atoms with Crippen molar-refractivity contribution in [2.24, 2.45) is 5.92 Å². The number of methoxy groups -OCH3 is 1. The summed E-state index contributed by atoms with van der Waals surface area (Å²) >= 11 is 0. The van der Waals surface area contributed by atoms with Crippen LogP contribution >= 0.6 is 0 Å². The zero-order valence-electron chi connectivity index (χ0n) is 11.5. The molecule has 3 amide bonds. The van der Waals surface area contributed by atoms with Gasteiger partial charge in [0.25, 0.3) is 0 Å². The second-order valence-electron chi connectivity index (χ2n) is 5.27. The minimum atomic E-state index is 0.0285. The number of hydrogen-bond acceptors (Lipinski definition) is 3. The van der Waals surface area contributed by atoms with Gasteiger partial charge in [0.1, 0.15) is 0 Å². The highest BCUT2D eigenvalue weighted by atomic mass is 16.5. The highest BCUT2D eigenvalue weighted by Gasteiger charge is 2.30. The molecule has 6 heteroatoms. The van der Waals surface area contributed by atoms with Crippen LogP contribution in [-0.4, -0.2) is 56.2 Å². The molecule has 0 aromatic rings. The van der Waals surface area contributed by atoms with Gasteiger partial charge in [-0.15, -0.1) is 0 Å². The molecule has 1 saturated heterocycles. The lowest BCUT2D eigenvalue weighted by atomic mass is 9.96. The maximum absolute atomic E-state index is 11.9. The number of hydrogen-bond donors (Lipinski definition) is 2. The molecule has 2 fully saturated rings. The second kappa shape index (κ2) is 6.75. The van der Waals surface area contributed by atoms with E-state index in [2.05, 4.69) is 10.6 Å². The Bertz CT molecular complexity index is 323. The van der Waals surface area contributed by atoms with Gasteiger partial charge in [0.15, 0.2) is 0 Å². The van der Waals surface area contributed by atoms with Gasteiger partial charge in [0.2, 0.25) is 5.91 Å². The van der Waals surface area contributed by atoms with Crippen LogP contribution in [0.4, 0.5) is 4.79 Å². The molecule has 2 aliphatic rings. The summed E-state index contributed by atoms with van der Waals surface area (Å²) in [6.07, 6.45) is 3.70. The fourth-order valence-electron chi connectivity index (χ4n) is 2.26. The molecule has 2 rings (SSSR count). The fourth-order valence-corrected chi connectivity index (χ4v) is 2.26. The molecule has 2 N–H and O–H groups in total. The molecule has 1 saturated carbocycles. The van der Waals surface area contributed by atoms with Crippen LogP contribution in [0, 0.1) is 5.92 Å². The van der Waals surface area contributed by atoms with Crippen LogP contribution in [0.25, 0.3) is 0 Å². The van der Waals surface area contributed by atoms with E-state index < -0.39 is 0 Å². The highest BCUT2D eigenvalue weighted by molar-refractivity contribution is 5.79. The molecule has 0 aromatic heterocycles. The molecule has 108 valence electrons. The van der Waals surface area contributed by atoms with Crippen LogP contribution in [0.2, 0.25) is 0 Å². The van der Waals surface area contributed by atoms with Crippen molar-refractivity contribution in [3.8, 4) is 0 Å². The summed E-state index contributed by atoms with van der Waals surface area (Å²) in [7, 11) is 1.61. The lowest BCUT2D eigenvalue weighted by Gasteiger charge is -2.31. The molecule has 6 nitrogen and oxygen atoms in total. The van der Waals surface area contributed by atoms with E-state index in [0.29, 0.717) is 32.3 Å². The van der Waals surface area contributed by atoms with E-state index >= 15 is 0 Å². The van der Waals surface area contributed by atoms with Gasteiger partial charge in [-0.05, 0) is 25.7 Å². The summed E-state index contributed by atoms with van der Waals surface area (Å²) in [5, 5.41) is 5.84. The highest BCUT2D eigenvalue weighted by Crippen LogP contribution is 2.21. The quantitative estimate of drug-likeness (QED) is 0.707. The number of ether oxygens (including phenoxy) is 1. The third-order valence-corrected chi connectivity index (χ3v) is 3.66. The molecule has 0 spiro atoms. The first-order chi connectivity index (χ1) is 9.20. The standard InChI is InChI=1S/C13H23N3O3/c1-19-9-6-14-12(17)10-4-7-16(8-5-10)13(18)15-11-2-3-11/h10-11H,2-9H2,1H3,(H,14,17)(H,15,18). The van der Waals surface area contributed by atoms with Gasteiger partial charge in [-0.2, -0.15) is 0 Å². The lowest BCUT2D eigenvalue weighted by molar-refractivity contribution is -0.126. The van der Waals surface area contributed by atoms with Gasteiger partial charge in [0.05, 0.1) is 6.61 Å². The number of amides is 3. The second-order valence-corrected chi connectivity index (χ2v) is 5.27. The molecule has 1 aliphatic heterocycles. The van der Waals surface area contributed by atoms with Gasteiger partial charge >= 0.3 is 6.03 Å². The number of nitrogens with zero attached hydrogens (tertiary/aromatic N) is 1. The third-order valence-electron chi connectivity index (χ3n) is 3.66. The van der Waals surface area contributed by atoms with Crippen molar-refractivity contribution in [3.05, 3.63) is 0 Å². The number of rotatable bonds is 5. The zero-order valence-corrected chi connectivity index (χ0v) is 11.5. The van der Waals surface area contributed by atoms with Gasteiger partial charge in [-0.1, -0.05) is 0 Å². The number of piperidine rings is 1. The third kappa shape index (κ3) is 4.38. The van der Waals surface area contributed by atoms with Crippen molar-refractivity contribution in [2.75, 3.05) is 33.4 Å². The van der Waals surface area contributed by atoms with Gasteiger partial charge in [-0.25, -0.2) is 4.79 Å². The topological polar surface area (TPSA) is 70.7 Å². The molecule has 1 aliphatic carbocycles. The fraction of sp³-hybridized carbons (Fsp3) is 0.846. The van der Waals surface area contributed by atoms with Gasteiger partial charge < -0.3 is 20.3 Å². The summed E-state index contributed by atoms with van der Waals surface area (Å²) in [6.45, 7) is 2.42. The summed E-state index contributed by atoms with van der Waals surface area (Å²) < 4.78 is 4.90. The molecular weight excluding hydrogens is 246 g/mol. The number of urea groups is 1. The van der Waals surface area contributed by atoms with Crippen LogP contribution in [0.15, 0.2) is 0 Å². The van der Waals surface area contributed by atoms with Crippen LogP contribution in [0.3, 0.4) is 0 Å². The molecule has 19 heavy (non-hydrogen) atoms. The average molecular weight is 269 g/mol. The lowest BCUT2D eigenvalue weighted by Crippen LogP contribution is -2.47. The summed E-state index contributed by atoms with van der Waals surface area (Å²) in [6, 6.07) is 0.420. The Morgan fingerprint density at radius 1 is 1.21 bits per heavy atom. The maximum atomic E-state index is 11.9. The molecule has 0 atom stereocenters. The Morgan fingerprint density at radius 2 is 1.89 bits per heavy atom. The first kappa shape index (κ1) is 14.1. The first-order valence-electron chi connectivity index (χ1n) is 7.03. The molecule has 0 aromatic carbocycles. The normalized spacial score (nSPS) is 20.2. The number of carbonyl (C=O) groups excluding carboxylic acids is 2. The van der Waals surface area contributed by atoms with E-state index in [1.807, 2.05) is 4.90 Å². The molecule has 0 radical (unpaired) electrons. The first-order valence-corrected chi connectivity index (χ1v) is 7.03. The zero-order chi connectivity index (χ0) is 13.7. The maximum Gasteiger partial charge on any atom is 0.317 e. The average Bonchev–Trinajstić information content (AvgIpc) is 3.23. The van der Waals surface area contributed by atoms with Crippen molar-refractivity contribution in [1.29, 1.82) is 0 Å². The Kier molecular flexibility index (Phi) is 5.01. The Balaban J connectivity index is 1.66. The SMILES string of the molecule is COCCNC(=O)C1CCN(C(=O)NC2CC2)CC1. The predicted molar refractivity (Wildman–Crippen MR) is 70.7 cm³/mol. The number of likely N-dealkylation sites (tertiary alicyclic amines) is 1. The van der Waals surface area contributed by atoms with Crippen molar-refractivity contribution < 1.29 is 14.3 Å². The monoisotopic (exact) mass is 269 g/mol. The van der Waals surface area contributed by atoms with Crippen molar-refractivity contribution in [2.45, 2.75) is 31.7 Å². The molecule has 0 unspecified atom stereocenters. The molecule has 0 bridgehead atoms. The number of nitrogens with one attached hydrogen (secondary N) is 2. The van der Waals surface area contributed by atoms with E-state index in [9.17, 15) is 9.59 Å². The summed E-state index contributed by atoms with van der Waals surface area (Å²) in [5.74, 6) is 0.112. The van der Waals surface area contributed by atoms with E-state index in [0.717, 1.165) is 25.7 Å². The van der Waals surface area contributed by atoms with E-state index in [-0.39, 0.29) is 17.9 Å². The van der Waals surface area contributed by atoms with Crippen molar-refractivity contribution in [3.63, 3.8) is 0 Å². The van der Waals surface area contributed by atoms with Crippen LogP contribution in [0.5, 0.6) is 0 Å². The van der Waals surface area contributed by atoms with Crippen LogP contribution in [-0.2, 0) is 9.53 Å². The summed E-state index contributed by atoms with van der Waals surface area (Å²) in [5.41, 5.74) is 0. The van der Waals surface area contributed by atoms with Crippen molar-refractivity contribution in [1.82, 2.24) is 15.5 Å². The smallest absolute Gasteiger partial charge is 0.317 e. The Hall–Kier alpha value is -1.30. The van der Waals surface area contributed by atoms with Gasteiger partial charge in [0, 0.05) is 38.7 Å². The molecule has 1 heterocycles. The van der Waals surface area contributed by atoms with E-state index in [1.54, 1.807) is 7.11 Å². The van der Waals surface area contributed by atoms with Crippen LogP contribution in [0.1, 0.15) is 25.7 Å².